The Hall–Kier alpha value is -3.96. The van der Waals surface area contributed by atoms with E-state index in [-0.39, 0.29) is 36.7 Å². The van der Waals surface area contributed by atoms with Crippen molar-refractivity contribution in [3.8, 4) is 5.75 Å². The molecule has 0 aromatic heterocycles. The summed E-state index contributed by atoms with van der Waals surface area (Å²) in [6, 6.07) is 15.0. The number of esters is 1. The van der Waals surface area contributed by atoms with Gasteiger partial charge in [-0.15, -0.1) is 0 Å². The molecule has 0 radical (unpaired) electrons. The molecule has 10 nitrogen and oxygen atoms in total. The number of hydrogen-bond donors (Lipinski definition) is 3. The van der Waals surface area contributed by atoms with Crippen LogP contribution in [0, 0.1) is 5.41 Å². The molecule has 3 aromatic carbocycles. The summed E-state index contributed by atoms with van der Waals surface area (Å²) in [6.07, 6.45) is 0.367. The number of fused-ring (bicyclic) bond motifs is 1. The van der Waals surface area contributed by atoms with Crippen LogP contribution in [0.2, 0.25) is 0 Å². The zero-order chi connectivity index (χ0) is 27.4. The molecule has 1 amide bonds. The van der Waals surface area contributed by atoms with Crippen LogP contribution in [0.25, 0.3) is 10.8 Å². The van der Waals surface area contributed by atoms with E-state index >= 15 is 0 Å². The maximum Gasteiger partial charge on any atom is 0.329 e. The average molecular weight is 539 g/mol. The van der Waals surface area contributed by atoms with Crippen LogP contribution in [0.15, 0.2) is 65.6 Å². The number of benzene rings is 3. The van der Waals surface area contributed by atoms with Gasteiger partial charge in [0.1, 0.15) is 23.7 Å². The molecule has 0 bridgehead atoms. The van der Waals surface area contributed by atoms with Gasteiger partial charge in [-0.05, 0) is 30.4 Å². The van der Waals surface area contributed by atoms with Gasteiger partial charge in [-0.3, -0.25) is 10.2 Å². The van der Waals surface area contributed by atoms with Crippen LogP contribution < -0.4 is 15.2 Å². The first-order chi connectivity index (χ1) is 18.1. The third kappa shape index (κ3) is 5.63. The molecular formula is C27H30N4O6S. The number of methoxy groups -OCH3 is 1. The fourth-order valence-corrected chi connectivity index (χ4v) is 5.83. The first-order valence-electron chi connectivity index (χ1n) is 12.1. The molecule has 1 saturated heterocycles. The van der Waals surface area contributed by atoms with Crippen LogP contribution in [0.5, 0.6) is 5.75 Å². The molecule has 0 spiro atoms. The number of hydrogen-bond acceptors (Lipinski definition) is 7. The number of nitrogens with two attached hydrogens (primary N) is 1. The van der Waals surface area contributed by atoms with Crippen molar-refractivity contribution < 1.29 is 27.5 Å². The number of rotatable bonds is 10. The summed E-state index contributed by atoms with van der Waals surface area (Å²) >= 11 is 0. The van der Waals surface area contributed by atoms with Crippen LogP contribution in [0.4, 0.5) is 0 Å². The van der Waals surface area contributed by atoms with E-state index in [1.54, 1.807) is 43.3 Å². The Morgan fingerprint density at radius 1 is 1.18 bits per heavy atom. The van der Waals surface area contributed by atoms with Gasteiger partial charge in [0.25, 0.3) is 0 Å². The van der Waals surface area contributed by atoms with Crippen LogP contribution >= 0.6 is 0 Å². The van der Waals surface area contributed by atoms with Crippen LogP contribution in [0.1, 0.15) is 24.5 Å². The lowest BCUT2D eigenvalue weighted by Gasteiger charge is -2.26. The number of amides is 1. The monoisotopic (exact) mass is 538 g/mol. The summed E-state index contributed by atoms with van der Waals surface area (Å²) in [5.74, 6) is -0.743. The number of ether oxygens (including phenoxy) is 2. The number of carbonyl (C=O) groups excluding carboxylic acids is 2. The van der Waals surface area contributed by atoms with Crippen molar-refractivity contribution in [2.24, 2.45) is 5.73 Å². The zero-order valence-electron chi connectivity index (χ0n) is 21.1. The van der Waals surface area contributed by atoms with Crippen molar-refractivity contribution in [3.05, 3.63) is 71.8 Å². The van der Waals surface area contributed by atoms with Gasteiger partial charge in [0, 0.05) is 30.0 Å². The summed E-state index contributed by atoms with van der Waals surface area (Å²) in [4.78, 5) is 27.5. The molecule has 38 heavy (non-hydrogen) atoms. The minimum absolute atomic E-state index is 0.0215. The molecule has 4 rings (SSSR count). The van der Waals surface area contributed by atoms with Gasteiger partial charge in [0.2, 0.25) is 15.9 Å². The molecule has 0 saturated carbocycles. The molecule has 1 aliphatic heterocycles. The molecule has 1 aliphatic rings. The molecule has 0 aliphatic carbocycles. The fraction of sp³-hybridized carbons (Fsp3) is 0.296. The van der Waals surface area contributed by atoms with Gasteiger partial charge in [-0.1, -0.05) is 48.5 Å². The lowest BCUT2D eigenvalue weighted by atomic mass is 10.0. The Balaban J connectivity index is 1.55. The van der Waals surface area contributed by atoms with E-state index in [1.165, 1.54) is 24.1 Å². The third-order valence-corrected chi connectivity index (χ3v) is 7.94. The SMILES string of the molecule is CCOC(=O)C(Cc1ccc(C(=N)N)cc1)N1CCC(NS(=O)(=O)c2cc(OC)c3ccccc3c2)C1=O. The number of nitrogen functional groups attached to an aromatic ring is 1. The predicted octanol–water partition coefficient (Wildman–Crippen LogP) is 2.19. The zero-order valence-corrected chi connectivity index (χ0v) is 22.0. The van der Waals surface area contributed by atoms with Gasteiger partial charge in [0.05, 0.1) is 18.6 Å². The maximum atomic E-state index is 13.4. The summed E-state index contributed by atoms with van der Waals surface area (Å²) in [7, 11) is -2.61. The highest BCUT2D eigenvalue weighted by molar-refractivity contribution is 7.89. The van der Waals surface area contributed by atoms with Crippen molar-refractivity contribution in [2.45, 2.75) is 36.7 Å². The van der Waals surface area contributed by atoms with Crippen molar-refractivity contribution in [1.29, 1.82) is 5.41 Å². The lowest BCUT2D eigenvalue weighted by Crippen LogP contribution is -2.48. The van der Waals surface area contributed by atoms with Crippen molar-refractivity contribution in [2.75, 3.05) is 20.3 Å². The minimum Gasteiger partial charge on any atom is -0.496 e. The largest absolute Gasteiger partial charge is 0.496 e. The van der Waals surface area contributed by atoms with E-state index in [2.05, 4.69) is 4.72 Å². The van der Waals surface area contributed by atoms with E-state index in [0.717, 1.165) is 10.9 Å². The van der Waals surface area contributed by atoms with Crippen LogP contribution in [-0.4, -0.2) is 63.4 Å². The predicted molar refractivity (Wildman–Crippen MR) is 143 cm³/mol. The topological polar surface area (TPSA) is 152 Å². The number of nitrogens with one attached hydrogen (secondary N) is 2. The highest BCUT2D eigenvalue weighted by Gasteiger charge is 2.41. The van der Waals surface area contributed by atoms with E-state index in [0.29, 0.717) is 16.7 Å². The summed E-state index contributed by atoms with van der Waals surface area (Å²) in [6.45, 7) is 2.00. The Morgan fingerprint density at radius 2 is 1.89 bits per heavy atom. The van der Waals surface area contributed by atoms with Crippen LogP contribution in [-0.2, 0) is 30.8 Å². The second kappa shape index (κ2) is 11.2. The van der Waals surface area contributed by atoms with Crippen LogP contribution in [0.3, 0.4) is 0 Å². The molecule has 2 atom stereocenters. The maximum absolute atomic E-state index is 13.4. The average Bonchev–Trinajstić information content (AvgIpc) is 3.25. The number of nitrogens with zero attached hydrogens (tertiary/aromatic N) is 1. The molecule has 3 aromatic rings. The van der Waals surface area contributed by atoms with Gasteiger partial charge < -0.3 is 20.1 Å². The Morgan fingerprint density at radius 3 is 2.55 bits per heavy atom. The number of likely N-dealkylation sites (tertiary alicyclic amines) is 1. The Kier molecular flexibility index (Phi) is 7.98. The second-order valence-corrected chi connectivity index (χ2v) is 10.6. The van der Waals surface area contributed by atoms with Gasteiger partial charge >= 0.3 is 5.97 Å². The molecular weight excluding hydrogens is 508 g/mol. The van der Waals surface area contributed by atoms with E-state index in [9.17, 15) is 18.0 Å². The van der Waals surface area contributed by atoms with Gasteiger partial charge in [-0.25, -0.2) is 13.2 Å². The molecule has 2 unspecified atom stereocenters. The summed E-state index contributed by atoms with van der Waals surface area (Å²) in [5, 5.41) is 8.99. The molecule has 1 heterocycles. The van der Waals surface area contributed by atoms with E-state index in [4.69, 9.17) is 20.6 Å². The second-order valence-electron chi connectivity index (χ2n) is 8.92. The summed E-state index contributed by atoms with van der Waals surface area (Å²) in [5.41, 5.74) is 6.80. The summed E-state index contributed by atoms with van der Waals surface area (Å²) < 4.78 is 39.7. The normalized spacial score (nSPS) is 16.4. The molecule has 4 N–H and O–H groups in total. The van der Waals surface area contributed by atoms with Crippen molar-refractivity contribution in [1.82, 2.24) is 9.62 Å². The van der Waals surface area contributed by atoms with Crippen molar-refractivity contribution in [3.63, 3.8) is 0 Å². The minimum atomic E-state index is -4.08. The number of amidine groups is 1. The number of sulfonamides is 1. The number of carbonyl (C=O) groups is 2. The van der Waals surface area contributed by atoms with Gasteiger partial charge in [-0.2, -0.15) is 4.72 Å². The quantitative estimate of drug-likeness (QED) is 0.203. The van der Waals surface area contributed by atoms with E-state index in [1.807, 2.05) is 12.1 Å². The molecule has 200 valence electrons. The highest BCUT2D eigenvalue weighted by Crippen LogP contribution is 2.30. The highest BCUT2D eigenvalue weighted by atomic mass is 32.2. The lowest BCUT2D eigenvalue weighted by molar-refractivity contribution is -0.153. The van der Waals surface area contributed by atoms with Gasteiger partial charge in [0.15, 0.2) is 0 Å². The standard InChI is InChI=1S/C27H30N4O6S/c1-3-37-27(33)23(14-17-8-10-18(11-9-17)25(28)29)31-13-12-22(26(31)32)30-38(34,35)20-15-19-6-4-5-7-21(19)24(16-20)36-2/h4-11,15-16,22-23,30H,3,12-14H2,1-2H3,(H3,28,29). The third-order valence-electron chi connectivity index (χ3n) is 6.49. The smallest absolute Gasteiger partial charge is 0.329 e. The van der Waals surface area contributed by atoms with E-state index < -0.39 is 34.0 Å². The molecule has 1 fully saturated rings. The fourth-order valence-electron chi connectivity index (χ4n) is 4.55. The van der Waals surface area contributed by atoms with Crippen molar-refractivity contribution >= 4 is 38.5 Å². The Labute approximate surface area is 221 Å². The Bertz CT molecular complexity index is 1470. The first kappa shape index (κ1) is 27.1. The molecule has 11 heteroatoms. The first-order valence-corrected chi connectivity index (χ1v) is 13.6.